The zero-order chi connectivity index (χ0) is 10.1. The second-order valence-electron chi connectivity index (χ2n) is 3.42. The Kier molecular flexibility index (Phi) is 2.31. The van der Waals surface area contributed by atoms with Crippen LogP contribution in [0.2, 0.25) is 0 Å². The fourth-order valence-corrected chi connectivity index (χ4v) is 1.78. The fraction of sp³-hybridized carbons (Fsp3) is 0.400. The van der Waals surface area contributed by atoms with Gasteiger partial charge in [0.05, 0.1) is 13.2 Å². The minimum atomic E-state index is -0.131. The molecule has 0 amide bonds. The topological polar surface area (TPSA) is 75.7 Å². The normalized spacial score (nSPS) is 20.0. The van der Waals surface area contributed by atoms with Gasteiger partial charge >= 0.3 is 0 Å². The maximum Gasteiger partial charge on any atom is 0.128 e. The lowest BCUT2D eigenvalue weighted by Gasteiger charge is -2.25. The van der Waals surface area contributed by atoms with Gasteiger partial charge < -0.3 is 20.7 Å². The highest BCUT2D eigenvalue weighted by Gasteiger charge is 2.22. The summed E-state index contributed by atoms with van der Waals surface area (Å²) in [5.74, 6) is 0.690. The van der Waals surface area contributed by atoms with E-state index in [4.69, 9.17) is 15.6 Å². The molecule has 0 aliphatic carbocycles. The highest BCUT2D eigenvalue weighted by molar-refractivity contribution is 5.48. The molecule has 1 aromatic rings. The minimum Gasteiger partial charge on any atom is -0.508 e. The molecule has 4 N–H and O–H groups in total. The number of ether oxygens (including phenoxy) is 1. The van der Waals surface area contributed by atoms with Crippen LogP contribution in [0.4, 0.5) is 0 Å². The van der Waals surface area contributed by atoms with Gasteiger partial charge in [-0.3, -0.25) is 0 Å². The number of aromatic hydroxyl groups is 1. The fourth-order valence-electron chi connectivity index (χ4n) is 1.78. The Morgan fingerprint density at radius 3 is 3.00 bits per heavy atom. The highest BCUT2D eigenvalue weighted by atomic mass is 16.5. The number of phenolic OH excluding ortho intramolecular Hbond substituents is 1. The van der Waals surface area contributed by atoms with Crippen molar-refractivity contribution in [1.29, 1.82) is 0 Å². The first-order valence-electron chi connectivity index (χ1n) is 4.57. The van der Waals surface area contributed by atoms with Gasteiger partial charge in [0.1, 0.15) is 11.5 Å². The highest BCUT2D eigenvalue weighted by Crippen LogP contribution is 2.36. The summed E-state index contributed by atoms with van der Waals surface area (Å²) in [6, 6.07) is 2.95. The molecule has 4 nitrogen and oxygen atoms in total. The Bertz CT molecular complexity index is 334. The summed E-state index contributed by atoms with van der Waals surface area (Å²) in [6.07, 6.45) is 0.741. The molecular weight excluding hydrogens is 182 g/mol. The monoisotopic (exact) mass is 195 g/mol. The number of rotatable bonds is 1. The van der Waals surface area contributed by atoms with Crippen molar-refractivity contribution in [2.75, 3.05) is 6.61 Å². The van der Waals surface area contributed by atoms with Crippen LogP contribution in [0.3, 0.4) is 0 Å². The Hall–Kier alpha value is -1.26. The number of hydrogen-bond donors (Lipinski definition) is 3. The van der Waals surface area contributed by atoms with Gasteiger partial charge in [-0.1, -0.05) is 0 Å². The third kappa shape index (κ3) is 1.42. The van der Waals surface area contributed by atoms with Gasteiger partial charge in [-0.25, -0.2) is 0 Å². The molecule has 1 heterocycles. The molecule has 1 atom stereocenters. The van der Waals surface area contributed by atoms with E-state index in [1.807, 2.05) is 0 Å². The van der Waals surface area contributed by atoms with E-state index in [0.717, 1.165) is 12.0 Å². The Morgan fingerprint density at radius 2 is 2.29 bits per heavy atom. The van der Waals surface area contributed by atoms with Crippen molar-refractivity contribution in [3.63, 3.8) is 0 Å². The van der Waals surface area contributed by atoms with Gasteiger partial charge in [0.25, 0.3) is 0 Å². The summed E-state index contributed by atoms with van der Waals surface area (Å²) in [7, 11) is 0. The van der Waals surface area contributed by atoms with Crippen LogP contribution in [0, 0.1) is 0 Å². The molecule has 1 aliphatic rings. The predicted octanol–water partition coefficient (Wildman–Crippen LogP) is 0.667. The van der Waals surface area contributed by atoms with Crippen molar-refractivity contribution in [2.24, 2.45) is 5.73 Å². The molecule has 0 saturated carbocycles. The standard InChI is InChI=1S/C10H13NO3/c11-8-1-2-14-9-4-7(13)3-6(5-12)10(8)9/h3-4,8,12-13H,1-2,5,11H2. The molecule has 14 heavy (non-hydrogen) atoms. The van der Waals surface area contributed by atoms with E-state index in [9.17, 15) is 5.11 Å². The third-order valence-electron chi connectivity index (χ3n) is 2.44. The van der Waals surface area contributed by atoms with Crippen molar-refractivity contribution in [3.8, 4) is 11.5 Å². The van der Waals surface area contributed by atoms with E-state index < -0.39 is 0 Å². The lowest BCUT2D eigenvalue weighted by Crippen LogP contribution is -2.22. The van der Waals surface area contributed by atoms with Crippen molar-refractivity contribution >= 4 is 0 Å². The van der Waals surface area contributed by atoms with Crippen LogP contribution in [0.15, 0.2) is 12.1 Å². The van der Waals surface area contributed by atoms with Crippen LogP contribution < -0.4 is 10.5 Å². The first-order chi connectivity index (χ1) is 6.72. The average molecular weight is 195 g/mol. The average Bonchev–Trinajstić information content (AvgIpc) is 2.16. The molecule has 0 fully saturated rings. The van der Waals surface area contributed by atoms with E-state index in [1.54, 1.807) is 0 Å². The maximum atomic E-state index is 9.35. The minimum absolute atomic E-state index is 0.0990. The van der Waals surface area contributed by atoms with Crippen molar-refractivity contribution < 1.29 is 14.9 Å². The first kappa shape index (κ1) is 9.30. The van der Waals surface area contributed by atoms with Gasteiger partial charge in [-0.2, -0.15) is 0 Å². The molecule has 1 unspecified atom stereocenters. The largest absolute Gasteiger partial charge is 0.508 e. The van der Waals surface area contributed by atoms with Crippen LogP contribution >= 0.6 is 0 Å². The number of aliphatic hydroxyl groups excluding tert-OH is 1. The zero-order valence-electron chi connectivity index (χ0n) is 7.73. The molecule has 0 bridgehead atoms. The van der Waals surface area contributed by atoms with Crippen LogP contribution in [0.1, 0.15) is 23.6 Å². The Balaban J connectivity index is 2.55. The van der Waals surface area contributed by atoms with E-state index in [2.05, 4.69) is 0 Å². The van der Waals surface area contributed by atoms with Crippen molar-refractivity contribution in [2.45, 2.75) is 19.1 Å². The van der Waals surface area contributed by atoms with Crippen LogP contribution in [0.25, 0.3) is 0 Å². The number of fused-ring (bicyclic) bond motifs is 1. The second-order valence-corrected chi connectivity index (χ2v) is 3.42. The quantitative estimate of drug-likeness (QED) is 0.615. The number of nitrogens with two attached hydrogens (primary N) is 1. The second kappa shape index (κ2) is 3.48. The van der Waals surface area contributed by atoms with Crippen LogP contribution in [-0.4, -0.2) is 16.8 Å². The summed E-state index contributed by atoms with van der Waals surface area (Å²) < 4.78 is 5.37. The van der Waals surface area contributed by atoms with Crippen molar-refractivity contribution in [1.82, 2.24) is 0 Å². The molecule has 4 heteroatoms. The molecule has 1 aromatic carbocycles. The number of hydrogen-bond acceptors (Lipinski definition) is 4. The number of phenols is 1. The van der Waals surface area contributed by atoms with Crippen molar-refractivity contribution in [3.05, 3.63) is 23.3 Å². The lowest BCUT2D eigenvalue weighted by molar-refractivity contribution is 0.252. The third-order valence-corrected chi connectivity index (χ3v) is 2.44. The molecule has 1 aliphatic heterocycles. The van der Waals surface area contributed by atoms with Crippen LogP contribution in [-0.2, 0) is 6.61 Å². The van der Waals surface area contributed by atoms with E-state index >= 15 is 0 Å². The van der Waals surface area contributed by atoms with Gasteiger partial charge in [-0.05, 0) is 11.6 Å². The SMILES string of the molecule is NC1CCOc2cc(O)cc(CO)c21. The van der Waals surface area contributed by atoms with Gasteiger partial charge in [0.2, 0.25) is 0 Å². The summed E-state index contributed by atoms with van der Waals surface area (Å²) in [5.41, 5.74) is 7.36. The lowest BCUT2D eigenvalue weighted by atomic mass is 9.96. The van der Waals surface area contributed by atoms with E-state index in [1.165, 1.54) is 12.1 Å². The first-order valence-corrected chi connectivity index (χ1v) is 4.57. The molecule has 2 rings (SSSR count). The Labute approximate surface area is 81.9 Å². The Morgan fingerprint density at radius 1 is 1.50 bits per heavy atom. The zero-order valence-corrected chi connectivity index (χ0v) is 7.73. The van der Waals surface area contributed by atoms with Gasteiger partial charge in [0, 0.05) is 24.1 Å². The van der Waals surface area contributed by atoms with E-state index in [-0.39, 0.29) is 18.4 Å². The van der Waals surface area contributed by atoms with Gasteiger partial charge in [-0.15, -0.1) is 0 Å². The van der Waals surface area contributed by atoms with E-state index in [0.29, 0.717) is 17.9 Å². The maximum absolute atomic E-state index is 9.35. The predicted molar refractivity (Wildman–Crippen MR) is 51.1 cm³/mol. The molecular formula is C10H13NO3. The molecule has 0 saturated heterocycles. The smallest absolute Gasteiger partial charge is 0.128 e. The molecule has 0 aromatic heterocycles. The summed E-state index contributed by atoms with van der Waals surface area (Å²) in [4.78, 5) is 0. The molecule has 0 spiro atoms. The molecule has 76 valence electrons. The number of aliphatic hydroxyl groups is 1. The summed E-state index contributed by atoms with van der Waals surface area (Å²) >= 11 is 0. The number of benzene rings is 1. The summed E-state index contributed by atoms with van der Waals surface area (Å²) in [6.45, 7) is 0.427. The van der Waals surface area contributed by atoms with Crippen LogP contribution in [0.5, 0.6) is 11.5 Å². The molecule has 0 radical (unpaired) electrons. The summed E-state index contributed by atoms with van der Waals surface area (Å²) in [5, 5.41) is 18.5. The van der Waals surface area contributed by atoms with Gasteiger partial charge in [0.15, 0.2) is 0 Å².